The Morgan fingerprint density at radius 3 is 2.38 bits per heavy atom. The molecule has 1 rings (SSSR count). The molecule has 1 aromatic carbocycles. The van der Waals surface area contributed by atoms with E-state index in [9.17, 15) is 9.90 Å². The molecule has 0 aromatic heterocycles. The summed E-state index contributed by atoms with van der Waals surface area (Å²) in [6.45, 7) is 4.72. The van der Waals surface area contributed by atoms with Gasteiger partial charge in [-0.25, -0.2) is 0 Å². The van der Waals surface area contributed by atoms with Crippen molar-refractivity contribution in [2.75, 3.05) is 0 Å². The van der Waals surface area contributed by atoms with Crippen molar-refractivity contribution in [1.82, 2.24) is 0 Å². The number of hydrogen-bond donors (Lipinski definition) is 0. The number of carboxylic acid groups (broad SMARTS) is 1. The van der Waals surface area contributed by atoms with Crippen molar-refractivity contribution in [2.24, 2.45) is 0 Å². The average molecular weight is 365 g/mol. The molecule has 4 nitrogen and oxygen atoms in total. The third-order valence-corrected chi connectivity index (χ3v) is 7.53. The van der Waals surface area contributed by atoms with Crippen molar-refractivity contribution in [3.63, 3.8) is 0 Å². The van der Waals surface area contributed by atoms with Gasteiger partial charge in [0.25, 0.3) is 0 Å². The first-order valence-corrected chi connectivity index (χ1v) is 9.13. The minimum absolute atomic E-state index is 0.0901. The first-order valence-electron chi connectivity index (χ1n) is 5.92. The summed E-state index contributed by atoms with van der Waals surface area (Å²) in [4.78, 5) is 11.5. The van der Waals surface area contributed by atoms with Crippen molar-refractivity contribution in [3.8, 4) is 11.8 Å². The summed E-state index contributed by atoms with van der Waals surface area (Å²) in [6.07, 6.45) is 0. The summed E-state index contributed by atoms with van der Waals surface area (Å²) in [7, 11) is -1.77. The van der Waals surface area contributed by atoms with E-state index in [4.69, 9.17) is 44.8 Å². The molecule has 0 saturated heterocycles. The zero-order valence-electron chi connectivity index (χ0n) is 11.5. The molecule has 0 fully saturated rings. The number of nitrogens with zero attached hydrogens (tertiary/aromatic N) is 1. The van der Waals surface area contributed by atoms with Crippen LogP contribution in [-0.2, 0) is 4.79 Å². The zero-order chi connectivity index (χ0) is 16.4. The minimum Gasteiger partial charge on any atom is -0.546 e. The van der Waals surface area contributed by atoms with E-state index < -0.39 is 25.5 Å². The van der Waals surface area contributed by atoms with Crippen LogP contribution in [0.25, 0.3) is 0 Å². The molecule has 8 heteroatoms. The van der Waals surface area contributed by atoms with Crippen LogP contribution in [0.5, 0.6) is 5.75 Å². The van der Waals surface area contributed by atoms with Crippen LogP contribution >= 0.6 is 34.8 Å². The fraction of sp³-hybridized carbons (Fsp3) is 0.385. The SMILES string of the molecule is CC(C#N)[Si](C)C(C)(Oc1cc(Cl)c(Cl)cc1Cl)C(=O)[O-]. The molecular formula is C13H12Cl3NO3Si-. The molecule has 0 aliphatic carbocycles. The van der Waals surface area contributed by atoms with Gasteiger partial charge in [0.2, 0.25) is 0 Å². The number of aliphatic carboxylic acids is 1. The maximum Gasteiger partial charge on any atom is 0.140 e. The van der Waals surface area contributed by atoms with Crippen LogP contribution < -0.4 is 9.84 Å². The van der Waals surface area contributed by atoms with Crippen molar-refractivity contribution in [1.29, 1.82) is 5.26 Å². The summed E-state index contributed by atoms with van der Waals surface area (Å²) in [5.41, 5.74) is -0.459. The van der Waals surface area contributed by atoms with E-state index >= 15 is 0 Å². The minimum atomic E-state index is -1.77. The summed E-state index contributed by atoms with van der Waals surface area (Å²) in [5.74, 6) is -1.31. The highest BCUT2D eigenvalue weighted by Crippen LogP contribution is 2.37. The lowest BCUT2D eigenvalue weighted by molar-refractivity contribution is -0.316. The van der Waals surface area contributed by atoms with Crippen molar-refractivity contribution >= 4 is 49.6 Å². The zero-order valence-corrected chi connectivity index (χ0v) is 14.8. The third kappa shape index (κ3) is 3.83. The van der Waals surface area contributed by atoms with E-state index in [2.05, 4.69) is 0 Å². The van der Waals surface area contributed by atoms with Gasteiger partial charge in [-0.2, -0.15) is 5.26 Å². The Morgan fingerprint density at radius 1 is 1.38 bits per heavy atom. The molecule has 0 N–H and O–H groups in total. The molecule has 2 atom stereocenters. The number of carbonyl (C=O) groups is 1. The standard InChI is InChI=1S/C13H13Cl3NO3Si/c1-7(6-17)21(3)13(2,12(18)19)20-11-5-9(15)8(14)4-10(11)16/h4-5,7H,1-3H3,(H,18,19)/p-1. The van der Waals surface area contributed by atoms with Crippen molar-refractivity contribution in [3.05, 3.63) is 27.2 Å². The van der Waals surface area contributed by atoms with Gasteiger partial charge in [-0.1, -0.05) is 48.3 Å². The Kier molecular flexibility index (Phi) is 5.94. The maximum atomic E-state index is 11.5. The number of rotatable bonds is 5. The fourth-order valence-corrected chi connectivity index (χ4v) is 3.78. The van der Waals surface area contributed by atoms with Crippen LogP contribution in [0.4, 0.5) is 0 Å². The summed E-state index contributed by atoms with van der Waals surface area (Å²) in [5, 5.41) is 19.4. The second-order valence-corrected chi connectivity index (χ2v) is 9.06. The number of ether oxygens (including phenoxy) is 1. The Balaban J connectivity index is 3.24. The van der Waals surface area contributed by atoms with Gasteiger partial charge in [-0.15, -0.1) is 0 Å². The van der Waals surface area contributed by atoms with E-state index in [1.807, 2.05) is 6.07 Å². The number of hydrogen-bond acceptors (Lipinski definition) is 4. The second kappa shape index (κ2) is 6.88. The van der Waals surface area contributed by atoms with E-state index in [0.717, 1.165) is 0 Å². The average Bonchev–Trinajstić information content (AvgIpc) is 2.42. The molecule has 113 valence electrons. The number of nitriles is 1. The third-order valence-electron chi connectivity index (χ3n) is 3.27. The Morgan fingerprint density at radius 2 is 1.90 bits per heavy atom. The summed E-state index contributed by atoms with van der Waals surface area (Å²) in [6, 6.07) is 4.75. The Labute approximate surface area is 139 Å². The van der Waals surface area contributed by atoms with Crippen LogP contribution in [0.2, 0.25) is 27.2 Å². The molecule has 0 spiro atoms. The van der Waals surface area contributed by atoms with Crippen LogP contribution in [0, 0.1) is 11.3 Å². The molecule has 2 unspecified atom stereocenters. The molecule has 0 amide bonds. The maximum absolute atomic E-state index is 11.5. The summed E-state index contributed by atoms with van der Waals surface area (Å²) < 4.78 is 5.57. The van der Waals surface area contributed by atoms with Gasteiger partial charge in [-0.05, 0) is 13.0 Å². The fourth-order valence-electron chi connectivity index (χ4n) is 1.60. The van der Waals surface area contributed by atoms with Gasteiger partial charge in [0.15, 0.2) is 0 Å². The molecule has 21 heavy (non-hydrogen) atoms. The van der Waals surface area contributed by atoms with Crippen molar-refractivity contribution < 1.29 is 14.6 Å². The molecule has 0 saturated carbocycles. The summed E-state index contributed by atoms with van der Waals surface area (Å²) >= 11 is 17.7. The first-order chi connectivity index (χ1) is 9.63. The lowest BCUT2D eigenvalue weighted by Gasteiger charge is -2.37. The lowest BCUT2D eigenvalue weighted by atomic mass is 10.3. The largest absolute Gasteiger partial charge is 0.546 e. The highest BCUT2D eigenvalue weighted by molar-refractivity contribution is 6.66. The smallest absolute Gasteiger partial charge is 0.140 e. The molecule has 0 aliphatic heterocycles. The van der Waals surface area contributed by atoms with E-state index in [1.165, 1.54) is 19.1 Å². The van der Waals surface area contributed by atoms with Gasteiger partial charge in [0, 0.05) is 11.6 Å². The number of carboxylic acids is 1. The van der Waals surface area contributed by atoms with Crippen LogP contribution in [0.15, 0.2) is 12.1 Å². The van der Waals surface area contributed by atoms with Gasteiger partial charge < -0.3 is 14.6 Å². The van der Waals surface area contributed by atoms with Gasteiger partial charge >= 0.3 is 0 Å². The van der Waals surface area contributed by atoms with Gasteiger partial charge in [0.1, 0.15) is 19.8 Å². The molecular weight excluding hydrogens is 353 g/mol. The van der Waals surface area contributed by atoms with Gasteiger partial charge in [-0.3, -0.25) is 0 Å². The predicted octanol–water partition coefficient (Wildman–Crippen LogP) is 3.11. The van der Waals surface area contributed by atoms with Crippen LogP contribution in [-0.4, -0.2) is 20.0 Å². The monoisotopic (exact) mass is 363 g/mol. The topological polar surface area (TPSA) is 73.1 Å². The highest BCUT2D eigenvalue weighted by atomic mass is 35.5. The number of benzene rings is 1. The number of carbonyl (C=O) groups excluding carboxylic acids is 1. The lowest BCUT2D eigenvalue weighted by Crippen LogP contribution is -2.60. The Hall–Kier alpha value is -0.933. The molecule has 1 radical (unpaired) electrons. The van der Waals surface area contributed by atoms with E-state index in [-0.39, 0.29) is 20.8 Å². The molecule has 0 bridgehead atoms. The Bertz CT molecular complexity index is 605. The number of halogens is 3. The first kappa shape index (κ1) is 18.1. The van der Waals surface area contributed by atoms with Gasteiger partial charge in [0.05, 0.1) is 27.1 Å². The second-order valence-electron chi connectivity index (χ2n) is 4.65. The predicted molar refractivity (Wildman–Crippen MR) is 82.2 cm³/mol. The van der Waals surface area contributed by atoms with E-state index in [1.54, 1.807) is 13.5 Å². The quantitative estimate of drug-likeness (QED) is 0.594. The molecule has 1 aromatic rings. The highest BCUT2D eigenvalue weighted by Gasteiger charge is 2.40. The molecule has 0 aliphatic rings. The molecule has 0 heterocycles. The normalized spacial score (nSPS) is 15.1. The van der Waals surface area contributed by atoms with Crippen LogP contribution in [0.1, 0.15) is 13.8 Å². The van der Waals surface area contributed by atoms with Crippen molar-refractivity contribution in [2.45, 2.75) is 31.2 Å². The van der Waals surface area contributed by atoms with E-state index in [0.29, 0.717) is 0 Å². The van der Waals surface area contributed by atoms with Crippen LogP contribution in [0.3, 0.4) is 0 Å².